The molecule has 0 aromatic carbocycles. The summed E-state index contributed by atoms with van der Waals surface area (Å²) in [4.78, 5) is 0. The van der Waals surface area contributed by atoms with Crippen LogP contribution in [0.1, 0.15) is 32.5 Å². The Morgan fingerprint density at radius 3 is 3.00 bits per heavy atom. The van der Waals surface area contributed by atoms with Gasteiger partial charge in [-0.3, -0.25) is 9.67 Å². The van der Waals surface area contributed by atoms with E-state index in [1.165, 1.54) is 0 Å². The minimum Gasteiger partial charge on any atom is -0.382 e. The summed E-state index contributed by atoms with van der Waals surface area (Å²) in [6.45, 7) is 4.87. The maximum Gasteiger partial charge on any atom is 0.195 e. The summed E-state index contributed by atoms with van der Waals surface area (Å²) in [5.41, 5.74) is -0.994. The molecule has 0 amide bonds. The highest BCUT2D eigenvalue weighted by Crippen LogP contribution is 2.20. The van der Waals surface area contributed by atoms with Gasteiger partial charge in [0.25, 0.3) is 0 Å². The van der Waals surface area contributed by atoms with Crippen LogP contribution in [0.5, 0.6) is 0 Å². The zero-order valence-electron chi connectivity index (χ0n) is 9.56. The first-order valence-corrected chi connectivity index (χ1v) is 5.89. The van der Waals surface area contributed by atoms with Gasteiger partial charge < -0.3 is 9.84 Å². The molecule has 2 N–H and O–H groups in total. The van der Waals surface area contributed by atoms with Crippen LogP contribution < -0.4 is 0 Å². The second kappa shape index (κ2) is 4.27. The summed E-state index contributed by atoms with van der Waals surface area (Å²) in [7, 11) is 0. The molecular weight excluding hydrogens is 226 g/mol. The van der Waals surface area contributed by atoms with Gasteiger partial charge in [0.1, 0.15) is 5.60 Å². The van der Waals surface area contributed by atoms with E-state index in [-0.39, 0.29) is 6.10 Å². The lowest BCUT2D eigenvalue weighted by Gasteiger charge is -2.19. The fourth-order valence-corrected chi connectivity index (χ4v) is 2.15. The number of rotatable bonds is 3. The SMILES string of the molecule is CC(C)(O)c1n[nH]c(=S)n1CC1CCCO1. The molecule has 1 aliphatic rings. The Morgan fingerprint density at radius 2 is 2.44 bits per heavy atom. The number of hydrogen-bond acceptors (Lipinski definition) is 4. The van der Waals surface area contributed by atoms with Crippen LogP contribution in [0.25, 0.3) is 0 Å². The van der Waals surface area contributed by atoms with Gasteiger partial charge in [-0.1, -0.05) is 0 Å². The van der Waals surface area contributed by atoms with E-state index >= 15 is 0 Å². The third kappa shape index (κ3) is 2.34. The van der Waals surface area contributed by atoms with Crippen molar-refractivity contribution in [2.45, 2.75) is 44.9 Å². The van der Waals surface area contributed by atoms with E-state index in [2.05, 4.69) is 10.2 Å². The van der Waals surface area contributed by atoms with Crippen molar-refractivity contribution in [1.29, 1.82) is 0 Å². The van der Waals surface area contributed by atoms with Gasteiger partial charge in [-0.2, -0.15) is 5.10 Å². The van der Waals surface area contributed by atoms with E-state index in [1.54, 1.807) is 13.8 Å². The summed E-state index contributed by atoms with van der Waals surface area (Å²) >= 11 is 5.15. The van der Waals surface area contributed by atoms with Crippen LogP contribution in [0, 0.1) is 4.77 Å². The molecule has 1 aromatic rings. The molecule has 1 aliphatic heterocycles. The van der Waals surface area contributed by atoms with Crippen molar-refractivity contribution in [3.05, 3.63) is 10.6 Å². The summed E-state index contributed by atoms with van der Waals surface area (Å²) in [5, 5.41) is 16.8. The maximum absolute atomic E-state index is 9.97. The largest absolute Gasteiger partial charge is 0.382 e. The Hall–Kier alpha value is -0.720. The highest BCUT2D eigenvalue weighted by molar-refractivity contribution is 7.71. The minimum atomic E-state index is -0.994. The molecule has 1 aromatic heterocycles. The summed E-state index contributed by atoms with van der Waals surface area (Å²) in [6, 6.07) is 0. The normalized spacial score (nSPS) is 21.6. The molecule has 0 bridgehead atoms. The number of nitrogens with zero attached hydrogens (tertiary/aromatic N) is 2. The van der Waals surface area contributed by atoms with Crippen LogP contribution in [0.15, 0.2) is 0 Å². The van der Waals surface area contributed by atoms with Gasteiger partial charge in [0.05, 0.1) is 12.6 Å². The fourth-order valence-electron chi connectivity index (χ4n) is 1.95. The summed E-state index contributed by atoms with van der Waals surface area (Å²) in [5.74, 6) is 0.563. The third-order valence-corrected chi connectivity index (χ3v) is 3.03. The van der Waals surface area contributed by atoms with Crippen molar-refractivity contribution >= 4 is 12.2 Å². The number of ether oxygens (including phenoxy) is 1. The molecule has 0 spiro atoms. The molecular formula is C10H17N3O2S. The highest BCUT2D eigenvalue weighted by Gasteiger charge is 2.26. The predicted molar refractivity (Wildman–Crippen MR) is 61.6 cm³/mol. The van der Waals surface area contributed by atoms with Gasteiger partial charge in [0.2, 0.25) is 0 Å². The van der Waals surface area contributed by atoms with E-state index < -0.39 is 5.60 Å². The first-order chi connectivity index (χ1) is 7.48. The molecule has 2 heterocycles. The first kappa shape index (κ1) is 11.8. The summed E-state index contributed by atoms with van der Waals surface area (Å²) in [6.07, 6.45) is 2.32. The number of aromatic nitrogens is 3. The van der Waals surface area contributed by atoms with E-state index in [9.17, 15) is 5.11 Å². The number of hydrogen-bond donors (Lipinski definition) is 2. The third-order valence-electron chi connectivity index (χ3n) is 2.72. The second-order valence-electron chi connectivity index (χ2n) is 4.66. The average Bonchev–Trinajstić information content (AvgIpc) is 2.76. The Kier molecular flexibility index (Phi) is 3.14. The van der Waals surface area contributed by atoms with E-state index in [1.807, 2.05) is 4.57 Å². The number of aromatic amines is 1. The van der Waals surface area contributed by atoms with Crippen molar-refractivity contribution in [2.24, 2.45) is 0 Å². The van der Waals surface area contributed by atoms with Crippen LogP contribution in [-0.4, -0.2) is 32.6 Å². The lowest BCUT2D eigenvalue weighted by molar-refractivity contribution is 0.0558. The second-order valence-corrected chi connectivity index (χ2v) is 5.04. The van der Waals surface area contributed by atoms with Crippen LogP contribution in [0.3, 0.4) is 0 Å². The molecule has 5 nitrogen and oxygen atoms in total. The van der Waals surface area contributed by atoms with Gasteiger partial charge in [0, 0.05) is 6.61 Å². The quantitative estimate of drug-likeness (QED) is 0.787. The molecule has 1 atom stereocenters. The molecule has 0 aliphatic carbocycles. The van der Waals surface area contributed by atoms with E-state index in [0.29, 0.717) is 17.1 Å². The molecule has 16 heavy (non-hydrogen) atoms. The minimum absolute atomic E-state index is 0.186. The summed E-state index contributed by atoms with van der Waals surface area (Å²) < 4.78 is 7.92. The lowest BCUT2D eigenvalue weighted by Crippen LogP contribution is -2.25. The monoisotopic (exact) mass is 243 g/mol. The Morgan fingerprint density at radius 1 is 1.69 bits per heavy atom. The Bertz CT molecular complexity index is 412. The molecule has 2 rings (SSSR count). The molecule has 90 valence electrons. The van der Waals surface area contributed by atoms with Gasteiger partial charge in [-0.15, -0.1) is 0 Å². The van der Waals surface area contributed by atoms with Gasteiger partial charge in [0.15, 0.2) is 10.6 Å². The molecule has 1 unspecified atom stereocenters. The zero-order chi connectivity index (χ0) is 11.8. The molecule has 0 saturated carbocycles. The predicted octanol–water partition coefficient (Wildman–Crippen LogP) is 1.35. The van der Waals surface area contributed by atoms with Crippen LogP contribution >= 0.6 is 12.2 Å². The Labute approximate surface area is 99.4 Å². The van der Waals surface area contributed by atoms with Gasteiger partial charge >= 0.3 is 0 Å². The van der Waals surface area contributed by atoms with Crippen molar-refractivity contribution in [3.63, 3.8) is 0 Å². The maximum atomic E-state index is 9.97. The van der Waals surface area contributed by atoms with Crippen LogP contribution in [-0.2, 0) is 16.9 Å². The van der Waals surface area contributed by atoms with E-state index in [4.69, 9.17) is 17.0 Å². The van der Waals surface area contributed by atoms with Crippen LogP contribution in [0.4, 0.5) is 0 Å². The topological polar surface area (TPSA) is 63.1 Å². The van der Waals surface area contributed by atoms with Gasteiger partial charge in [-0.05, 0) is 38.9 Å². The van der Waals surface area contributed by atoms with Crippen LogP contribution in [0.2, 0.25) is 0 Å². The average molecular weight is 243 g/mol. The molecule has 1 fully saturated rings. The molecule has 0 radical (unpaired) electrons. The molecule has 6 heteroatoms. The van der Waals surface area contributed by atoms with Crippen molar-refractivity contribution in [1.82, 2.24) is 14.8 Å². The number of H-pyrrole nitrogens is 1. The lowest BCUT2D eigenvalue weighted by atomic mass is 10.1. The molecule has 1 saturated heterocycles. The van der Waals surface area contributed by atoms with Crippen molar-refractivity contribution < 1.29 is 9.84 Å². The van der Waals surface area contributed by atoms with Gasteiger partial charge in [-0.25, -0.2) is 0 Å². The highest BCUT2D eigenvalue weighted by atomic mass is 32.1. The number of nitrogens with one attached hydrogen (secondary N) is 1. The number of aliphatic hydroxyl groups is 1. The van der Waals surface area contributed by atoms with E-state index in [0.717, 1.165) is 19.4 Å². The van der Waals surface area contributed by atoms with Crippen molar-refractivity contribution in [3.8, 4) is 0 Å². The van der Waals surface area contributed by atoms with Crippen molar-refractivity contribution in [2.75, 3.05) is 6.61 Å². The first-order valence-electron chi connectivity index (χ1n) is 5.48. The zero-order valence-corrected chi connectivity index (χ0v) is 10.4. The smallest absolute Gasteiger partial charge is 0.195 e. The Balaban J connectivity index is 2.25. The fraction of sp³-hybridized carbons (Fsp3) is 0.800. The standard InChI is InChI=1S/C10H17N3O2S/c1-10(2,14)8-11-12-9(16)13(8)6-7-4-3-5-15-7/h7,14H,3-6H2,1-2H3,(H,12,16).